The fourth-order valence-corrected chi connectivity index (χ4v) is 4.10. The van der Waals surface area contributed by atoms with Crippen LogP contribution in [0.15, 0.2) is 17.4 Å². The van der Waals surface area contributed by atoms with Gasteiger partial charge in [0.15, 0.2) is 0 Å². The molecule has 7 heteroatoms. The van der Waals surface area contributed by atoms with Crippen molar-refractivity contribution in [1.82, 2.24) is 15.3 Å². The summed E-state index contributed by atoms with van der Waals surface area (Å²) >= 11 is 1.47. The van der Waals surface area contributed by atoms with Gasteiger partial charge in [-0.25, -0.2) is 9.97 Å². The smallest absolute Gasteiger partial charge is 0.230 e. The third kappa shape index (κ3) is 4.83. The van der Waals surface area contributed by atoms with E-state index < -0.39 is 0 Å². The number of aromatic nitrogens is 2. The second kappa shape index (κ2) is 8.16. The number of carbonyl (C=O) groups excluding carboxylic acids is 1. The molecule has 1 N–H and O–H groups in total. The van der Waals surface area contributed by atoms with Crippen LogP contribution in [0.5, 0.6) is 0 Å². The Morgan fingerprint density at radius 2 is 2.00 bits per heavy atom. The molecule has 0 radical (unpaired) electrons. The summed E-state index contributed by atoms with van der Waals surface area (Å²) in [7, 11) is 0. The molecule has 2 atom stereocenters. The molecular formula is C17H26N4O2S. The Hall–Kier alpha value is -1.34. The first-order valence-corrected chi connectivity index (χ1v) is 9.73. The molecule has 132 valence electrons. The predicted molar refractivity (Wildman–Crippen MR) is 95.4 cm³/mol. The van der Waals surface area contributed by atoms with E-state index in [-0.39, 0.29) is 18.1 Å². The van der Waals surface area contributed by atoms with Gasteiger partial charge in [0, 0.05) is 25.2 Å². The summed E-state index contributed by atoms with van der Waals surface area (Å²) in [5.41, 5.74) is 0. The molecule has 0 aromatic carbocycles. The molecule has 3 rings (SSSR count). The van der Waals surface area contributed by atoms with Gasteiger partial charge in [-0.2, -0.15) is 0 Å². The molecule has 1 aliphatic carbocycles. The van der Waals surface area contributed by atoms with E-state index in [0.717, 1.165) is 36.8 Å². The highest BCUT2D eigenvalue weighted by Gasteiger charge is 2.23. The van der Waals surface area contributed by atoms with Crippen LogP contribution < -0.4 is 10.2 Å². The maximum atomic E-state index is 12.0. The minimum absolute atomic E-state index is 0.0979. The molecule has 24 heavy (non-hydrogen) atoms. The number of nitrogens with one attached hydrogen (secondary N) is 1. The van der Waals surface area contributed by atoms with Gasteiger partial charge < -0.3 is 15.0 Å². The molecule has 1 amide bonds. The van der Waals surface area contributed by atoms with Crippen LogP contribution in [0.4, 0.5) is 5.82 Å². The molecule has 0 bridgehead atoms. The first-order chi connectivity index (χ1) is 11.6. The number of carbonyl (C=O) groups is 1. The summed E-state index contributed by atoms with van der Waals surface area (Å²) in [6.07, 6.45) is 6.64. The van der Waals surface area contributed by atoms with Gasteiger partial charge >= 0.3 is 0 Å². The van der Waals surface area contributed by atoms with Crippen molar-refractivity contribution >= 4 is 23.5 Å². The van der Waals surface area contributed by atoms with Gasteiger partial charge in [-0.1, -0.05) is 24.6 Å². The van der Waals surface area contributed by atoms with Crippen molar-refractivity contribution in [3.8, 4) is 0 Å². The molecule has 1 saturated carbocycles. The lowest BCUT2D eigenvalue weighted by atomic mass is 10.2. The van der Waals surface area contributed by atoms with Crippen molar-refractivity contribution < 1.29 is 9.53 Å². The molecule has 2 aliphatic rings. The van der Waals surface area contributed by atoms with E-state index in [1.807, 2.05) is 6.07 Å². The van der Waals surface area contributed by atoms with Gasteiger partial charge in [0.1, 0.15) is 17.2 Å². The highest BCUT2D eigenvalue weighted by molar-refractivity contribution is 7.99. The normalized spacial score (nSPS) is 25.0. The van der Waals surface area contributed by atoms with E-state index >= 15 is 0 Å². The zero-order valence-corrected chi connectivity index (χ0v) is 15.2. The second-order valence-corrected chi connectivity index (χ2v) is 7.71. The van der Waals surface area contributed by atoms with Crippen LogP contribution in [-0.2, 0) is 9.53 Å². The van der Waals surface area contributed by atoms with Crippen molar-refractivity contribution in [2.45, 2.75) is 62.8 Å². The van der Waals surface area contributed by atoms with Crippen LogP contribution in [0.25, 0.3) is 0 Å². The van der Waals surface area contributed by atoms with E-state index in [4.69, 9.17) is 4.74 Å². The Morgan fingerprint density at radius 3 is 2.71 bits per heavy atom. The molecule has 2 unspecified atom stereocenters. The third-order valence-electron chi connectivity index (χ3n) is 4.44. The average molecular weight is 350 g/mol. The van der Waals surface area contributed by atoms with E-state index in [9.17, 15) is 4.79 Å². The van der Waals surface area contributed by atoms with Crippen molar-refractivity contribution in [2.75, 3.05) is 23.7 Å². The Kier molecular flexibility index (Phi) is 5.94. The summed E-state index contributed by atoms with van der Waals surface area (Å²) < 4.78 is 5.77. The number of hydrogen-bond acceptors (Lipinski definition) is 6. The summed E-state index contributed by atoms with van der Waals surface area (Å²) in [5, 5.41) is 3.95. The fraction of sp³-hybridized carbons (Fsp3) is 0.706. The van der Waals surface area contributed by atoms with Crippen molar-refractivity contribution in [1.29, 1.82) is 0 Å². The molecule has 2 heterocycles. The number of ether oxygens (including phenoxy) is 1. The van der Waals surface area contributed by atoms with E-state index in [1.165, 1.54) is 24.6 Å². The summed E-state index contributed by atoms with van der Waals surface area (Å²) in [6, 6.07) is 2.34. The third-order valence-corrected chi connectivity index (χ3v) is 5.37. The highest BCUT2D eigenvalue weighted by atomic mass is 32.2. The number of rotatable bonds is 5. The highest BCUT2D eigenvalue weighted by Crippen LogP contribution is 2.23. The number of hydrogen-bond donors (Lipinski definition) is 1. The lowest BCUT2D eigenvalue weighted by Crippen LogP contribution is -2.45. The zero-order valence-electron chi connectivity index (χ0n) is 14.4. The van der Waals surface area contributed by atoms with Gasteiger partial charge in [-0.3, -0.25) is 4.79 Å². The Morgan fingerprint density at radius 1 is 1.29 bits per heavy atom. The largest absolute Gasteiger partial charge is 0.372 e. The van der Waals surface area contributed by atoms with Gasteiger partial charge in [-0.15, -0.1) is 0 Å². The Labute approximate surface area is 147 Å². The SMILES string of the molecule is CC1CN(c2cc(SCC(=O)NC3CCCC3)ncn2)CC(C)O1. The fourth-order valence-electron chi connectivity index (χ4n) is 3.43. The minimum Gasteiger partial charge on any atom is -0.372 e. The Balaban J connectivity index is 1.54. The zero-order chi connectivity index (χ0) is 16.9. The van der Waals surface area contributed by atoms with Crippen LogP contribution in [0.3, 0.4) is 0 Å². The molecule has 1 aromatic heterocycles. The van der Waals surface area contributed by atoms with Gasteiger partial charge in [0.2, 0.25) is 5.91 Å². The van der Waals surface area contributed by atoms with Gasteiger partial charge in [0.05, 0.1) is 18.0 Å². The summed E-state index contributed by atoms with van der Waals surface area (Å²) in [6.45, 7) is 5.81. The number of nitrogens with zero attached hydrogens (tertiary/aromatic N) is 3. The number of amides is 1. The van der Waals surface area contributed by atoms with E-state index in [0.29, 0.717) is 11.8 Å². The molecule has 1 aromatic rings. The molecule has 1 aliphatic heterocycles. The van der Waals surface area contributed by atoms with Crippen molar-refractivity contribution in [3.63, 3.8) is 0 Å². The summed E-state index contributed by atoms with van der Waals surface area (Å²) in [5.74, 6) is 1.41. The maximum Gasteiger partial charge on any atom is 0.230 e. The molecule has 6 nitrogen and oxygen atoms in total. The second-order valence-electron chi connectivity index (χ2n) is 6.71. The lowest BCUT2D eigenvalue weighted by molar-refractivity contribution is -0.119. The van der Waals surface area contributed by atoms with Crippen LogP contribution in [0.1, 0.15) is 39.5 Å². The van der Waals surface area contributed by atoms with Crippen LogP contribution in [0.2, 0.25) is 0 Å². The minimum atomic E-state index is 0.0979. The van der Waals surface area contributed by atoms with Crippen molar-refractivity contribution in [3.05, 3.63) is 12.4 Å². The molecule has 2 fully saturated rings. The number of anilines is 1. The van der Waals surface area contributed by atoms with Gasteiger partial charge in [-0.05, 0) is 26.7 Å². The molecule has 1 saturated heterocycles. The standard InChI is InChI=1S/C17H26N4O2S/c1-12-8-21(9-13(2)23-12)15-7-17(19-11-18-15)24-10-16(22)20-14-5-3-4-6-14/h7,11-14H,3-6,8-10H2,1-2H3,(H,20,22). The average Bonchev–Trinajstić information content (AvgIpc) is 3.05. The summed E-state index contributed by atoms with van der Waals surface area (Å²) in [4.78, 5) is 22.9. The van der Waals surface area contributed by atoms with Crippen LogP contribution in [-0.4, -0.2) is 53.0 Å². The maximum absolute atomic E-state index is 12.0. The van der Waals surface area contributed by atoms with Crippen LogP contribution in [0, 0.1) is 0 Å². The number of morpholine rings is 1. The quantitative estimate of drug-likeness (QED) is 0.649. The molecular weight excluding hydrogens is 324 g/mol. The molecule has 0 spiro atoms. The topological polar surface area (TPSA) is 67.4 Å². The van der Waals surface area contributed by atoms with Crippen molar-refractivity contribution in [2.24, 2.45) is 0 Å². The van der Waals surface area contributed by atoms with Gasteiger partial charge in [0.25, 0.3) is 0 Å². The number of thioether (sulfide) groups is 1. The van der Waals surface area contributed by atoms with Crippen LogP contribution >= 0.6 is 11.8 Å². The Bertz CT molecular complexity index is 555. The first kappa shape index (κ1) is 17.5. The predicted octanol–water partition coefficient (Wildman–Crippen LogP) is 2.24. The first-order valence-electron chi connectivity index (χ1n) is 8.75. The monoisotopic (exact) mass is 350 g/mol. The van der Waals surface area contributed by atoms with E-state index in [1.54, 1.807) is 6.33 Å². The van der Waals surface area contributed by atoms with E-state index in [2.05, 4.69) is 34.0 Å². The lowest BCUT2D eigenvalue weighted by Gasteiger charge is -2.36.